The quantitative estimate of drug-likeness (QED) is 0.659. The predicted octanol–water partition coefficient (Wildman–Crippen LogP) is 3.83. The van der Waals surface area contributed by atoms with Crippen LogP contribution in [0.15, 0.2) is 64.1 Å². The Kier molecular flexibility index (Phi) is 5.01. The monoisotopic (exact) mass is 447 g/mol. The van der Waals surface area contributed by atoms with Crippen molar-refractivity contribution in [2.45, 2.75) is 23.8 Å². The summed E-state index contributed by atoms with van der Waals surface area (Å²) in [5.41, 5.74) is 1.77. The summed E-state index contributed by atoms with van der Waals surface area (Å²) in [6, 6.07) is 15.1. The van der Waals surface area contributed by atoms with Crippen molar-refractivity contribution in [3.05, 3.63) is 59.2 Å². The van der Waals surface area contributed by atoms with E-state index in [2.05, 4.69) is 39.3 Å². The van der Waals surface area contributed by atoms with E-state index >= 15 is 0 Å². The SMILES string of the molecule is CN(c1cccc2c1ccn2S(=O)(=O)c1ccccc1Br)C1CCNCC1. The molecule has 1 N–H and O–H groups in total. The van der Waals surface area contributed by atoms with E-state index in [1.54, 1.807) is 24.4 Å². The van der Waals surface area contributed by atoms with Crippen molar-refractivity contribution in [3.8, 4) is 0 Å². The van der Waals surface area contributed by atoms with Gasteiger partial charge in [0.2, 0.25) is 0 Å². The first-order chi connectivity index (χ1) is 13.0. The molecule has 1 saturated heterocycles. The van der Waals surface area contributed by atoms with Gasteiger partial charge in [0.1, 0.15) is 4.90 Å². The van der Waals surface area contributed by atoms with Gasteiger partial charge in [-0.1, -0.05) is 18.2 Å². The van der Waals surface area contributed by atoms with Crippen molar-refractivity contribution in [2.24, 2.45) is 0 Å². The molecular formula is C20H22BrN3O2S. The molecule has 5 nitrogen and oxygen atoms in total. The largest absolute Gasteiger partial charge is 0.371 e. The van der Waals surface area contributed by atoms with Gasteiger partial charge in [-0.3, -0.25) is 0 Å². The van der Waals surface area contributed by atoms with E-state index in [1.165, 1.54) is 3.97 Å². The van der Waals surface area contributed by atoms with Crippen LogP contribution in [0.3, 0.4) is 0 Å². The normalized spacial score (nSPS) is 15.9. The highest BCUT2D eigenvalue weighted by atomic mass is 79.9. The Balaban J connectivity index is 1.80. The number of nitrogens with zero attached hydrogens (tertiary/aromatic N) is 2. The summed E-state index contributed by atoms with van der Waals surface area (Å²) in [5, 5.41) is 4.34. The minimum absolute atomic E-state index is 0.264. The molecule has 27 heavy (non-hydrogen) atoms. The van der Waals surface area contributed by atoms with Gasteiger partial charge in [0.05, 0.1) is 5.52 Å². The van der Waals surface area contributed by atoms with E-state index in [9.17, 15) is 8.42 Å². The Labute approximate surface area is 168 Å². The van der Waals surface area contributed by atoms with Crippen molar-refractivity contribution >= 4 is 42.5 Å². The smallest absolute Gasteiger partial charge is 0.269 e. The van der Waals surface area contributed by atoms with Crippen LogP contribution in [0.25, 0.3) is 10.9 Å². The number of aromatic nitrogens is 1. The number of hydrogen-bond donors (Lipinski definition) is 1. The van der Waals surface area contributed by atoms with Crippen LogP contribution in [-0.4, -0.2) is 38.6 Å². The number of rotatable bonds is 4. The summed E-state index contributed by atoms with van der Waals surface area (Å²) in [6.45, 7) is 2.03. The third-order valence-electron chi connectivity index (χ3n) is 5.28. The molecule has 0 aliphatic carbocycles. The van der Waals surface area contributed by atoms with E-state index in [0.29, 0.717) is 16.0 Å². The van der Waals surface area contributed by atoms with Crippen LogP contribution in [0.1, 0.15) is 12.8 Å². The van der Waals surface area contributed by atoms with Gasteiger partial charge in [-0.25, -0.2) is 12.4 Å². The second-order valence-corrected chi connectivity index (χ2v) is 9.49. The molecule has 3 aromatic rings. The number of hydrogen-bond acceptors (Lipinski definition) is 4. The van der Waals surface area contributed by atoms with Crippen LogP contribution in [0.4, 0.5) is 5.69 Å². The van der Waals surface area contributed by atoms with Gasteiger partial charge >= 0.3 is 0 Å². The number of piperidine rings is 1. The minimum Gasteiger partial charge on any atom is -0.371 e. The lowest BCUT2D eigenvalue weighted by Gasteiger charge is -2.33. The van der Waals surface area contributed by atoms with Crippen LogP contribution < -0.4 is 10.2 Å². The van der Waals surface area contributed by atoms with Gasteiger partial charge in [0.25, 0.3) is 10.0 Å². The molecule has 0 radical (unpaired) electrons. The molecule has 1 fully saturated rings. The zero-order valence-corrected chi connectivity index (χ0v) is 17.5. The Bertz CT molecular complexity index is 1070. The number of halogens is 1. The first kappa shape index (κ1) is 18.5. The first-order valence-electron chi connectivity index (χ1n) is 9.04. The van der Waals surface area contributed by atoms with Crippen LogP contribution in [0.5, 0.6) is 0 Å². The maximum absolute atomic E-state index is 13.2. The van der Waals surface area contributed by atoms with E-state index in [1.807, 2.05) is 24.3 Å². The van der Waals surface area contributed by atoms with E-state index in [0.717, 1.165) is 37.0 Å². The molecule has 142 valence electrons. The maximum atomic E-state index is 13.2. The fraction of sp³-hybridized carbons (Fsp3) is 0.300. The summed E-state index contributed by atoms with van der Waals surface area (Å²) in [7, 11) is -1.58. The summed E-state index contributed by atoms with van der Waals surface area (Å²) in [4.78, 5) is 2.55. The molecule has 1 aliphatic rings. The molecule has 0 atom stereocenters. The molecule has 0 unspecified atom stereocenters. The third kappa shape index (κ3) is 3.28. The summed E-state index contributed by atoms with van der Waals surface area (Å²) >= 11 is 3.36. The molecule has 7 heteroatoms. The molecule has 0 amide bonds. The van der Waals surface area contributed by atoms with Gasteiger partial charge in [-0.05, 0) is 72.2 Å². The van der Waals surface area contributed by atoms with E-state index in [-0.39, 0.29) is 4.90 Å². The fourth-order valence-corrected chi connectivity index (χ4v) is 6.11. The van der Waals surface area contributed by atoms with Crippen LogP contribution in [-0.2, 0) is 10.0 Å². The topological polar surface area (TPSA) is 54.3 Å². The highest BCUT2D eigenvalue weighted by Crippen LogP contribution is 2.33. The standard InChI is InChI=1S/C20H22BrN3O2S/c1-23(15-9-12-22-13-10-15)18-6-4-7-19-16(18)11-14-24(19)27(25,26)20-8-3-2-5-17(20)21/h2-8,11,14-15,22H,9-10,12-13H2,1H3. The minimum atomic E-state index is -3.68. The van der Waals surface area contributed by atoms with Crippen molar-refractivity contribution in [1.82, 2.24) is 9.29 Å². The van der Waals surface area contributed by atoms with Crippen LogP contribution in [0, 0.1) is 0 Å². The van der Waals surface area contributed by atoms with Gasteiger partial charge in [0.15, 0.2) is 0 Å². The predicted molar refractivity (Wildman–Crippen MR) is 113 cm³/mol. The number of anilines is 1. The Morgan fingerprint density at radius 1 is 1.07 bits per heavy atom. The van der Waals surface area contributed by atoms with Gasteiger partial charge in [-0.15, -0.1) is 0 Å². The third-order valence-corrected chi connectivity index (χ3v) is 7.99. The van der Waals surface area contributed by atoms with Gasteiger partial charge in [0, 0.05) is 34.8 Å². The Morgan fingerprint density at radius 3 is 2.56 bits per heavy atom. The maximum Gasteiger partial charge on any atom is 0.269 e. The summed E-state index contributed by atoms with van der Waals surface area (Å²) < 4.78 is 28.4. The number of benzene rings is 2. The van der Waals surface area contributed by atoms with Crippen molar-refractivity contribution < 1.29 is 8.42 Å². The second-order valence-electron chi connectivity index (χ2n) is 6.85. The van der Waals surface area contributed by atoms with Gasteiger partial charge in [-0.2, -0.15) is 0 Å². The summed E-state index contributed by atoms with van der Waals surface area (Å²) in [5.74, 6) is 0. The molecule has 4 rings (SSSR count). The van der Waals surface area contributed by atoms with Gasteiger partial charge < -0.3 is 10.2 Å². The van der Waals surface area contributed by atoms with Crippen molar-refractivity contribution in [1.29, 1.82) is 0 Å². The number of nitrogens with one attached hydrogen (secondary N) is 1. The highest BCUT2D eigenvalue weighted by molar-refractivity contribution is 9.10. The first-order valence-corrected chi connectivity index (χ1v) is 11.3. The molecule has 0 saturated carbocycles. The fourth-order valence-electron chi connectivity index (χ4n) is 3.79. The lowest BCUT2D eigenvalue weighted by atomic mass is 10.0. The lowest BCUT2D eigenvalue weighted by Crippen LogP contribution is -2.41. The molecule has 0 bridgehead atoms. The molecule has 1 aliphatic heterocycles. The molecule has 0 spiro atoms. The highest BCUT2D eigenvalue weighted by Gasteiger charge is 2.24. The molecule has 2 aromatic carbocycles. The lowest BCUT2D eigenvalue weighted by molar-refractivity contribution is 0.444. The van der Waals surface area contributed by atoms with E-state index < -0.39 is 10.0 Å². The molecule has 1 aromatic heterocycles. The zero-order chi connectivity index (χ0) is 19.0. The van der Waals surface area contributed by atoms with Crippen LogP contribution >= 0.6 is 15.9 Å². The van der Waals surface area contributed by atoms with E-state index in [4.69, 9.17) is 0 Å². The van der Waals surface area contributed by atoms with Crippen molar-refractivity contribution in [2.75, 3.05) is 25.0 Å². The van der Waals surface area contributed by atoms with Crippen LogP contribution in [0.2, 0.25) is 0 Å². The molecular weight excluding hydrogens is 426 g/mol. The zero-order valence-electron chi connectivity index (χ0n) is 15.1. The average Bonchev–Trinajstić information content (AvgIpc) is 3.13. The second kappa shape index (κ2) is 7.30. The van der Waals surface area contributed by atoms with Crippen molar-refractivity contribution in [3.63, 3.8) is 0 Å². The number of fused-ring (bicyclic) bond motifs is 1. The summed E-state index contributed by atoms with van der Waals surface area (Å²) in [6.07, 6.45) is 3.82. The molecule has 2 heterocycles. The average molecular weight is 448 g/mol. The Hall–Kier alpha value is -1.83. The Morgan fingerprint density at radius 2 is 1.81 bits per heavy atom.